The molecule has 8 heteroatoms. The highest BCUT2D eigenvalue weighted by Gasteiger charge is 2.64. The van der Waals surface area contributed by atoms with E-state index < -0.39 is 28.2 Å². The van der Waals surface area contributed by atoms with Crippen LogP contribution in [0.3, 0.4) is 0 Å². The number of carboxylic acid groups (broad SMARTS) is 1. The second kappa shape index (κ2) is 8.61. The van der Waals surface area contributed by atoms with Gasteiger partial charge in [-0.25, -0.2) is 4.79 Å². The van der Waals surface area contributed by atoms with Gasteiger partial charge in [0.15, 0.2) is 0 Å². The highest BCUT2D eigenvalue weighted by atomic mass is 32.2. The number of unbranched alkanes of at least 4 members (excludes halogenated alkanes) is 1. The lowest BCUT2D eigenvalue weighted by atomic mass is 9.77. The third-order valence-electron chi connectivity index (χ3n) is 7.01. The molecule has 0 spiro atoms. The minimum Gasteiger partial charge on any atom is -0.493 e. The first kappa shape index (κ1) is 23.0. The molecule has 3 aliphatic rings. The minimum absolute atomic E-state index is 0.156. The Morgan fingerprint density at radius 3 is 2.59 bits per heavy atom. The van der Waals surface area contributed by atoms with Crippen LogP contribution in [-0.2, 0) is 19.8 Å². The van der Waals surface area contributed by atoms with E-state index in [2.05, 4.69) is 12.2 Å². The van der Waals surface area contributed by atoms with Crippen LogP contribution in [0.25, 0.3) is 0 Å². The van der Waals surface area contributed by atoms with Crippen LogP contribution < -0.4 is 10.1 Å². The standard InChI is InChI=1S/C24H32N2O5S/c1-4-5-14-31-16-11-7-6-10-15(16)24(12-8-9-13-24)22(30)25-17-19(27)26-18(21(28)29)23(2,3)32-20(17)26/h6-7,10-11,17-18,20H,4-5,8-9,12-14H2,1-3H3,(H,25,30)(H,28,29)/t17-,18?,20?/m1/s1. The summed E-state index contributed by atoms with van der Waals surface area (Å²) in [5.41, 5.74) is 0.159. The average molecular weight is 461 g/mol. The van der Waals surface area contributed by atoms with E-state index in [1.807, 2.05) is 38.1 Å². The average Bonchev–Trinajstić information content (AvgIpc) is 3.34. The van der Waals surface area contributed by atoms with Gasteiger partial charge in [0.25, 0.3) is 0 Å². The van der Waals surface area contributed by atoms with Gasteiger partial charge in [0.1, 0.15) is 23.2 Å². The number of carbonyl (C=O) groups is 3. The van der Waals surface area contributed by atoms with Gasteiger partial charge in [-0.05, 0) is 39.2 Å². The fourth-order valence-corrected chi connectivity index (χ4v) is 6.96. The number of fused-ring (bicyclic) bond motifs is 1. The van der Waals surface area contributed by atoms with Crippen molar-refractivity contribution < 1.29 is 24.2 Å². The number of nitrogens with zero attached hydrogens (tertiary/aromatic N) is 1. The third kappa shape index (κ3) is 3.66. The summed E-state index contributed by atoms with van der Waals surface area (Å²) in [6.07, 6.45) is 5.26. The first-order valence-corrected chi connectivity index (χ1v) is 12.4. The molecule has 1 aromatic rings. The molecular weight excluding hydrogens is 428 g/mol. The molecule has 1 aliphatic carbocycles. The van der Waals surface area contributed by atoms with Crippen LogP contribution in [0.5, 0.6) is 5.75 Å². The number of para-hydroxylation sites is 1. The molecule has 4 rings (SSSR count). The smallest absolute Gasteiger partial charge is 0.327 e. The van der Waals surface area contributed by atoms with Crippen LogP contribution >= 0.6 is 11.8 Å². The topological polar surface area (TPSA) is 95.9 Å². The fourth-order valence-electron chi connectivity index (χ4n) is 5.34. The molecule has 3 atom stereocenters. The maximum Gasteiger partial charge on any atom is 0.327 e. The Morgan fingerprint density at radius 1 is 1.25 bits per heavy atom. The van der Waals surface area contributed by atoms with E-state index in [1.165, 1.54) is 16.7 Å². The number of nitrogens with one attached hydrogen (secondary N) is 1. The van der Waals surface area contributed by atoms with Crippen LogP contribution in [0, 0.1) is 0 Å². The number of β-lactam (4-membered cyclic amide) rings is 1. The number of amides is 2. The molecule has 0 aromatic heterocycles. The van der Waals surface area contributed by atoms with E-state index in [9.17, 15) is 19.5 Å². The van der Waals surface area contributed by atoms with Gasteiger partial charge in [-0.2, -0.15) is 0 Å². The summed E-state index contributed by atoms with van der Waals surface area (Å²) in [6, 6.07) is 6.16. The van der Waals surface area contributed by atoms with E-state index in [0.717, 1.165) is 37.0 Å². The third-order valence-corrected chi connectivity index (χ3v) is 8.58. The van der Waals surface area contributed by atoms with Crippen LogP contribution in [0.2, 0.25) is 0 Å². The van der Waals surface area contributed by atoms with Gasteiger partial charge in [-0.3, -0.25) is 9.59 Å². The molecule has 0 bridgehead atoms. The van der Waals surface area contributed by atoms with Gasteiger partial charge in [0, 0.05) is 10.3 Å². The van der Waals surface area contributed by atoms with E-state index in [-0.39, 0.29) is 17.2 Å². The Kier molecular flexibility index (Phi) is 6.18. The quantitative estimate of drug-likeness (QED) is 0.456. The number of rotatable bonds is 8. The Hall–Kier alpha value is -2.22. The zero-order chi connectivity index (χ0) is 23.1. The van der Waals surface area contributed by atoms with Gasteiger partial charge in [0.05, 0.1) is 12.0 Å². The molecule has 3 fully saturated rings. The highest BCUT2D eigenvalue weighted by Crippen LogP contribution is 2.51. The molecule has 2 heterocycles. The molecule has 32 heavy (non-hydrogen) atoms. The van der Waals surface area contributed by atoms with E-state index in [1.54, 1.807) is 0 Å². The van der Waals surface area contributed by atoms with Crippen molar-refractivity contribution >= 4 is 29.5 Å². The van der Waals surface area contributed by atoms with Gasteiger partial charge >= 0.3 is 5.97 Å². The number of carboxylic acids is 1. The Labute approximate surface area is 193 Å². The summed E-state index contributed by atoms with van der Waals surface area (Å²) in [5.74, 6) is -0.735. The molecule has 1 saturated carbocycles. The SMILES string of the molecule is CCCCOc1ccccc1C1(C(=O)N[C@@H]2C(=O)N3C2SC(C)(C)C3C(=O)O)CCCC1. The molecule has 2 aliphatic heterocycles. The van der Waals surface area contributed by atoms with Crippen LogP contribution in [0.15, 0.2) is 24.3 Å². The van der Waals surface area contributed by atoms with Crippen molar-refractivity contribution in [2.24, 2.45) is 0 Å². The zero-order valence-corrected chi connectivity index (χ0v) is 19.7. The minimum atomic E-state index is -1.01. The van der Waals surface area contributed by atoms with Crippen LogP contribution in [0.1, 0.15) is 64.9 Å². The van der Waals surface area contributed by atoms with Crippen molar-refractivity contribution in [2.45, 2.75) is 86.9 Å². The fraction of sp³-hybridized carbons (Fsp3) is 0.625. The second-order valence-corrected chi connectivity index (χ2v) is 11.3. The predicted molar refractivity (Wildman–Crippen MR) is 123 cm³/mol. The molecule has 2 amide bonds. The van der Waals surface area contributed by atoms with Crippen molar-refractivity contribution in [2.75, 3.05) is 6.61 Å². The molecular formula is C24H32N2O5S. The van der Waals surface area contributed by atoms with Gasteiger partial charge in [-0.1, -0.05) is 44.4 Å². The van der Waals surface area contributed by atoms with E-state index >= 15 is 0 Å². The van der Waals surface area contributed by atoms with Gasteiger partial charge in [0.2, 0.25) is 11.8 Å². The predicted octanol–water partition coefficient (Wildman–Crippen LogP) is 3.31. The van der Waals surface area contributed by atoms with Gasteiger partial charge < -0.3 is 20.1 Å². The number of ether oxygens (including phenoxy) is 1. The summed E-state index contributed by atoms with van der Waals surface area (Å²) in [7, 11) is 0. The highest BCUT2D eigenvalue weighted by molar-refractivity contribution is 8.01. The maximum absolute atomic E-state index is 13.7. The second-order valence-electron chi connectivity index (χ2n) is 9.54. The molecule has 2 saturated heterocycles. The Morgan fingerprint density at radius 2 is 1.94 bits per heavy atom. The lowest BCUT2D eigenvalue weighted by molar-refractivity contribution is -0.161. The lowest BCUT2D eigenvalue weighted by Crippen LogP contribution is -2.71. The van der Waals surface area contributed by atoms with Crippen LogP contribution in [0.4, 0.5) is 0 Å². The summed E-state index contributed by atoms with van der Waals surface area (Å²) in [5, 5.41) is 12.3. The lowest BCUT2D eigenvalue weighted by Gasteiger charge is -2.45. The van der Waals surface area contributed by atoms with Crippen molar-refractivity contribution in [3.63, 3.8) is 0 Å². The van der Waals surface area contributed by atoms with Gasteiger partial charge in [-0.15, -0.1) is 11.8 Å². The summed E-state index contributed by atoms with van der Waals surface area (Å²) >= 11 is 1.45. The normalized spacial score (nSPS) is 27.5. The monoisotopic (exact) mass is 460 g/mol. The maximum atomic E-state index is 13.7. The summed E-state index contributed by atoms with van der Waals surface area (Å²) < 4.78 is 5.43. The number of aliphatic carboxylic acids is 1. The number of thioether (sulfide) groups is 1. The Balaban J connectivity index is 1.56. The van der Waals surface area contributed by atoms with E-state index in [0.29, 0.717) is 19.4 Å². The molecule has 2 unspecified atom stereocenters. The number of hydrogen-bond donors (Lipinski definition) is 2. The van der Waals surface area contributed by atoms with E-state index in [4.69, 9.17) is 4.74 Å². The number of hydrogen-bond acceptors (Lipinski definition) is 5. The zero-order valence-electron chi connectivity index (χ0n) is 18.9. The molecule has 7 nitrogen and oxygen atoms in total. The first-order chi connectivity index (χ1) is 15.2. The molecule has 1 aromatic carbocycles. The van der Waals surface area contributed by atoms with Crippen molar-refractivity contribution in [1.82, 2.24) is 10.2 Å². The van der Waals surface area contributed by atoms with Crippen molar-refractivity contribution in [1.29, 1.82) is 0 Å². The Bertz CT molecular complexity index is 911. The van der Waals surface area contributed by atoms with Crippen molar-refractivity contribution in [3.8, 4) is 5.75 Å². The molecule has 174 valence electrons. The molecule has 0 radical (unpaired) electrons. The van der Waals surface area contributed by atoms with Crippen LogP contribution in [-0.4, -0.2) is 56.6 Å². The van der Waals surface area contributed by atoms with Crippen molar-refractivity contribution in [3.05, 3.63) is 29.8 Å². The number of carbonyl (C=O) groups excluding carboxylic acids is 2. The first-order valence-electron chi connectivity index (χ1n) is 11.5. The summed E-state index contributed by atoms with van der Waals surface area (Å²) in [6.45, 7) is 6.38. The largest absolute Gasteiger partial charge is 0.493 e. The summed E-state index contributed by atoms with van der Waals surface area (Å²) in [4.78, 5) is 39.8. The molecule has 2 N–H and O–H groups in total. The number of benzene rings is 1.